The second-order valence-corrected chi connectivity index (χ2v) is 9.86. The molecule has 152 valence electrons. The predicted molar refractivity (Wildman–Crippen MR) is 118 cm³/mol. The summed E-state index contributed by atoms with van der Waals surface area (Å²) in [4.78, 5) is 13.2. The van der Waals surface area contributed by atoms with Gasteiger partial charge in [-0.1, -0.05) is 29.8 Å². The smallest absolute Gasteiger partial charge is 0.232 e. The summed E-state index contributed by atoms with van der Waals surface area (Å²) in [7, 11) is -3.39. The number of hydrogen-bond donors (Lipinski definition) is 1. The molecule has 7 heteroatoms. The molecule has 5 nitrogen and oxygen atoms in total. The summed E-state index contributed by atoms with van der Waals surface area (Å²) in [6, 6.07) is 15.7. The van der Waals surface area contributed by atoms with Gasteiger partial charge in [0.2, 0.25) is 15.9 Å². The van der Waals surface area contributed by atoms with Gasteiger partial charge in [0.15, 0.2) is 0 Å². The molecular weight excluding hydrogens is 392 g/mol. The van der Waals surface area contributed by atoms with Crippen molar-refractivity contribution in [3.05, 3.63) is 59.7 Å². The van der Waals surface area contributed by atoms with E-state index in [4.69, 9.17) is 0 Å². The molecule has 2 aromatic rings. The Hall–Kier alpha value is -1.99. The molecule has 0 fully saturated rings. The number of nitrogens with zero attached hydrogens (tertiary/aromatic N) is 1. The number of nitrogens with one attached hydrogen (secondary N) is 1. The second-order valence-electron chi connectivity index (χ2n) is 6.79. The average molecular weight is 421 g/mol. The Kier molecular flexibility index (Phi) is 8.38. The SMILES string of the molecule is Cc1ccc(SCCNC(=O)CCCN(c2cccc(C)c2)S(C)(=O)=O)cc1. The number of benzene rings is 2. The van der Waals surface area contributed by atoms with Gasteiger partial charge >= 0.3 is 0 Å². The van der Waals surface area contributed by atoms with Crippen molar-refractivity contribution in [1.29, 1.82) is 0 Å². The summed E-state index contributed by atoms with van der Waals surface area (Å²) >= 11 is 1.70. The Bertz CT molecular complexity index is 881. The largest absolute Gasteiger partial charge is 0.355 e. The first kappa shape index (κ1) is 22.3. The third kappa shape index (κ3) is 7.56. The first-order chi connectivity index (χ1) is 13.3. The van der Waals surface area contributed by atoms with E-state index in [0.717, 1.165) is 11.3 Å². The number of thioether (sulfide) groups is 1. The van der Waals surface area contributed by atoms with Crippen LogP contribution in [-0.4, -0.2) is 39.4 Å². The molecule has 0 saturated carbocycles. The van der Waals surface area contributed by atoms with Crippen LogP contribution in [0.15, 0.2) is 53.4 Å². The van der Waals surface area contributed by atoms with Crippen molar-refractivity contribution in [1.82, 2.24) is 5.32 Å². The summed E-state index contributed by atoms with van der Waals surface area (Å²) in [5, 5.41) is 2.90. The van der Waals surface area contributed by atoms with E-state index in [9.17, 15) is 13.2 Å². The molecule has 1 N–H and O–H groups in total. The first-order valence-electron chi connectivity index (χ1n) is 9.26. The Labute approximate surface area is 172 Å². The Balaban J connectivity index is 1.74. The summed E-state index contributed by atoms with van der Waals surface area (Å²) in [6.45, 7) is 4.85. The van der Waals surface area contributed by atoms with Gasteiger partial charge in [-0.25, -0.2) is 8.42 Å². The van der Waals surface area contributed by atoms with E-state index < -0.39 is 10.0 Å². The van der Waals surface area contributed by atoms with E-state index in [2.05, 4.69) is 36.5 Å². The highest BCUT2D eigenvalue weighted by Crippen LogP contribution is 2.20. The maximum absolute atomic E-state index is 12.1. The van der Waals surface area contributed by atoms with Gasteiger partial charge in [-0.3, -0.25) is 9.10 Å². The van der Waals surface area contributed by atoms with Gasteiger partial charge in [0.25, 0.3) is 0 Å². The molecule has 28 heavy (non-hydrogen) atoms. The molecule has 0 aromatic heterocycles. The molecule has 0 saturated heterocycles. The van der Waals surface area contributed by atoms with Gasteiger partial charge in [0.05, 0.1) is 11.9 Å². The van der Waals surface area contributed by atoms with Crippen molar-refractivity contribution >= 4 is 33.4 Å². The van der Waals surface area contributed by atoms with Gasteiger partial charge in [-0.2, -0.15) is 0 Å². The van der Waals surface area contributed by atoms with Crippen molar-refractivity contribution in [2.45, 2.75) is 31.6 Å². The average Bonchev–Trinajstić information content (AvgIpc) is 2.63. The number of hydrogen-bond acceptors (Lipinski definition) is 4. The van der Waals surface area contributed by atoms with E-state index in [-0.39, 0.29) is 12.5 Å². The van der Waals surface area contributed by atoms with Crippen LogP contribution in [0.1, 0.15) is 24.0 Å². The number of carbonyl (C=O) groups is 1. The van der Waals surface area contributed by atoms with Crippen LogP contribution in [0.5, 0.6) is 0 Å². The highest BCUT2D eigenvalue weighted by Gasteiger charge is 2.17. The van der Waals surface area contributed by atoms with Crippen molar-refractivity contribution < 1.29 is 13.2 Å². The van der Waals surface area contributed by atoms with E-state index in [0.29, 0.717) is 25.1 Å². The zero-order chi connectivity index (χ0) is 20.6. The zero-order valence-electron chi connectivity index (χ0n) is 16.6. The lowest BCUT2D eigenvalue weighted by molar-refractivity contribution is -0.121. The molecule has 2 rings (SSSR count). The molecule has 0 radical (unpaired) electrons. The lowest BCUT2D eigenvalue weighted by atomic mass is 10.2. The molecule has 0 aliphatic heterocycles. The molecule has 0 unspecified atom stereocenters. The second kappa shape index (κ2) is 10.5. The first-order valence-corrected chi connectivity index (χ1v) is 12.1. The Morgan fingerprint density at radius 2 is 1.79 bits per heavy atom. The molecule has 0 atom stereocenters. The monoisotopic (exact) mass is 420 g/mol. The highest BCUT2D eigenvalue weighted by molar-refractivity contribution is 7.99. The van der Waals surface area contributed by atoms with E-state index in [1.165, 1.54) is 21.0 Å². The van der Waals surface area contributed by atoms with Crippen molar-refractivity contribution in [2.24, 2.45) is 0 Å². The predicted octanol–water partition coefficient (Wildman–Crippen LogP) is 3.76. The maximum atomic E-state index is 12.1. The van der Waals surface area contributed by atoms with Crippen LogP contribution in [0, 0.1) is 13.8 Å². The molecule has 1 amide bonds. The number of anilines is 1. The molecule has 2 aromatic carbocycles. The lowest BCUT2D eigenvalue weighted by Crippen LogP contribution is -2.32. The fraction of sp³-hybridized carbons (Fsp3) is 0.381. The van der Waals surface area contributed by atoms with E-state index in [1.807, 2.05) is 25.1 Å². The van der Waals surface area contributed by atoms with Crippen molar-refractivity contribution in [3.8, 4) is 0 Å². The van der Waals surface area contributed by atoms with Crippen LogP contribution >= 0.6 is 11.8 Å². The minimum Gasteiger partial charge on any atom is -0.355 e. The number of sulfonamides is 1. The van der Waals surface area contributed by atoms with Crippen molar-refractivity contribution in [2.75, 3.05) is 29.4 Å². The van der Waals surface area contributed by atoms with E-state index >= 15 is 0 Å². The lowest BCUT2D eigenvalue weighted by Gasteiger charge is -2.22. The zero-order valence-corrected chi connectivity index (χ0v) is 18.3. The number of carbonyl (C=O) groups excluding carboxylic acids is 1. The maximum Gasteiger partial charge on any atom is 0.232 e. The summed E-state index contributed by atoms with van der Waals surface area (Å²) in [5.41, 5.74) is 2.86. The van der Waals surface area contributed by atoms with Crippen LogP contribution in [0.4, 0.5) is 5.69 Å². The van der Waals surface area contributed by atoms with Gasteiger partial charge in [-0.05, 0) is 50.1 Å². The molecule has 0 spiro atoms. The van der Waals surface area contributed by atoms with Crippen molar-refractivity contribution in [3.63, 3.8) is 0 Å². The minimum absolute atomic E-state index is 0.0535. The molecule has 0 aliphatic carbocycles. The Morgan fingerprint density at radius 1 is 1.07 bits per heavy atom. The normalized spacial score (nSPS) is 11.2. The standard InChI is InChI=1S/C21H28N2O3S2/c1-17-9-11-20(12-10-17)27-15-13-22-21(24)8-5-14-23(28(3,25)26)19-7-4-6-18(2)16-19/h4,6-7,9-12,16H,5,8,13-15H2,1-3H3,(H,22,24). The number of rotatable bonds is 10. The minimum atomic E-state index is -3.39. The van der Waals surface area contributed by atoms with Crippen LogP contribution in [0.25, 0.3) is 0 Å². The number of aryl methyl sites for hydroxylation is 2. The quantitative estimate of drug-likeness (QED) is 0.469. The summed E-state index contributed by atoms with van der Waals surface area (Å²) < 4.78 is 25.6. The van der Waals surface area contributed by atoms with Crippen LogP contribution < -0.4 is 9.62 Å². The fourth-order valence-electron chi connectivity index (χ4n) is 2.73. The molecule has 0 aliphatic rings. The van der Waals surface area contributed by atoms with Crippen LogP contribution in [0.2, 0.25) is 0 Å². The molecular formula is C21H28N2O3S2. The van der Waals surface area contributed by atoms with Gasteiger partial charge in [-0.15, -0.1) is 11.8 Å². The molecule has 0 heterocycles. The van der Waals surface area contributed by atoms with Crippen LogP contribution in [0.3, 0.4) is 0 Å². The highest BCUT2D eigenvalue weighted by atomic mass is 32.2. The Morgan fingerprint density at radius 3 is 2.43 bits per heavy atom. The topological polar surface area (TPSA) is 66.5 Å². The third-order valence-electron chi connectivity index (χ3n) is 4.17. The van der Waals surface area contributed by atoms with Gasteiger partial charge < -0.3 is 5.32 Å². The fourth-order valence-corrected chi connectivity index (χ4v) is 4.46. The van der Waals surface area contributed by atoms with Crippen LogP contribution in [-0.2, 0) is 14.8 Å². The summed E-state index contributed by atoms with van der Waals surface area (Å²) in [5.74, 6) is 0.746. The van der Waals surface area contributed by atoms with Gasteiger partial charge in [0, 0.05) is 30.2 Å². The number of amides is 1. The van der Waals surface area contributed by atoms with E-state index in [1.54, 1.807) is 17.8 Å². The third-order valence-corrected chi connectivity index (χ3v) is 6.38. The van der Waals surface area contributed by atoms with Gasteiger partial charge in [0.1, 0.15) is 0 Å². The molecule has 0 bridgehead atoms. The summed E-state index contributed by atoms with van der Waals surface area (Å²) in [6.07, 6.45) is 1.96.